The predicted molar refractivity (Wildman–Crippen MR) is 107 cm³/mol. The third kappa shape index (κ3) is 3.51. The zero-order valence-electron chi connectivity index (χ0n) is 14.8. The van der Waals surface area contributed by atoms with Crippen LogP contribution in [0.25, 0.3) is 17.4 Å². The van der Waals surface area contributed by atoms with Crippen molar-refractivity contribution in [2.24, 2.45) is 0 Å². The summed E-state index contributed by atoms with van der Waals surface area (Å²) in [5, 5.41) is 11.7. The van der Waals surface area contributed by atoms with E-state index in [1.165, 1.54) is 18.2 Å². The van der Waals surface area contributed by atoms with Gasteiger partial charge in [-0.15, -0.1) is 0 Å². The van der Waals surface area contributed by atoms with E-state index in [1.54, 1.807) is 48.5 Å². The molecular formula is C21H13ClN2O5. The molecule has 8 heteroatoms. The fraction of sp³-hybridized carbons (Fsp3) is 0. The van der Waals surface area contributed by atoms with E-state index in [4.69, 9.17) is 21.1 Å². The summed E-state index contributed by atoms with van der Waals surface area (Å²) in [5.74, 6) is -0.831. The van der Waals surface area contributed by atoms with Gasteiger partial charge in [0.15, 0.2) is 0 Å². The zero-order chi connectivity index (χ0) is 20.5. The smallest absolute Gasteiger partial charge is 0.337 e. The quantitative estimate of drug-likeness (QED) is 0.492. The van der Waals surface area contributed by atoms with Crippen LogP contribution in [0, 0.1) is 0 Å². The molecule has 0 unspecified atom stereocenters. The lowest BCUT2D eigenvalue weighted by Crippen LogP contribution is -2.30. The molecule has 2 heterocycles. The van der Waals surface area contributed by atoms with Crippen molar-refractivity contribution in [3.05, 3.63) is 82.7 Å². The van der Waals surface area contributed by atoms with Crippen molar-refractivity contribution < 1.29 is 23.9 Å². The van der Waals surface area contributed by atoms with Crippen LogP contribution in [0.15, 0.2) is 70.8 Å². The maximum absolute atomic E-state index is 12.6. The van der Waals surface area contributed by atoms with Gasteiger partial charge in [0.2, 0.25) is 0 Å². The number of halogens is 1. The molecule has 0 spiro atoms. The second-order valence-corrected chi connectivity index (χ2v) is 6.57. The minimum absolute atomic E-state index is 0.00965. The first kappa shape index (κ1) is 18.5. The van der Waals surface area contributed by atoms with Crippen LogP contribution in [0.4, 0.5) is 10.5 Å². The fourth-order valence-corrected chi connectivity index (χ4v) is 3.18. The van der Waals surface area contributed by atoms with Crippen molar-refractivity contribution in [3.8, 4) is 11.3 Å². The maximum Gasteiger partial charge on any atom is 0.337 e. The number of amides is 3. The van der Waals surface area contributed by atoms with Gasteiger partial charge in [-0.1, -0.05) is 35.9 Å². The molecule has 0 saturated carbocycles. The van der Waals surface area contributed by atoms with Gasteiger partial charge in [-0.2, -0.15) is 0 Å². The number of urea groups is 1. The first-order valence-corrected chi connectivity index (χ1v) is 8.87. The number of hydrogen-bond donors (Lipinski definition) is 2. The summed E-state index contributed by atoms with van der Waals surface area (Å²) in [6, 6.07) is 15.8. The molecule has 1 aromatic heterocycles. The number of aromatic carboxylic acids is 1. The molecule has 2 aromatic carbocycles. The second-order valence-electron chi connectivity index (χ2n) is 6.17. The molecule has 1 aliphatic heterocycles. The second kappa shape index (κ2) is 7.29. The topological polar surface area (TPSA) is 99.9 Å². The third-order valence-electron chi connectivity index (χ3n) is 4.29. The molecule has 0 radical (unpaired) electrons. The van der Waals surface area contributed by atoms with Crippen molar-refractivity contribution >= 4 is 41.3 Å². The molecule has 0 atom stereocenters. The minimum Gasteiger partial charge on any atom is -0.478 e. The van der Waals surface area contributed by atoms with E-state index in [0.717, 1.165) is 4.90 Å². The number of para-hydroxylation sites is 1. The van der Waals surface area contributed by atoms with E-state index >= 15 is 0 Å². The molecule has 0 aliphatic carbocycles. The Morgan fingerprint density at radius 3 is 2.52 bits per heavy atom. The maximum atomic E-state index is 12.6. The van der Waals surface area contributed by atoms with Crippen molar-refractivity contribution in [3.63, 3.8) is 0 Å². The summed E-state index contributed by atoms with van der Waals surface area (Å²) in [5.41, 5.74) is 1.12. The van der Waals surface area contributed by atoms with Gasteiger partial charge in [0.05, 0.1) is 16.3 Å². The number of furan rings is 1. The van der Waals surface area contributed by atoms with Crippen LogP contribution in [-0.4, -0.2) is 23.0 Å². The van der Waals surface area contributed by atoms with Crippen molar-refractivity contribution in [2.45, 2.75) is 0 Å². The largest absolute Gasteiger partial charge is 0.478 e. The Hall–Kier alpha value is -3.84. The number of rotatable bonds is 4. The molecule has 1 aliphatic rings. The summed E-state index contributed by atoms with van der Waals surface area (Å²) >= 11 is 6.00. The summed E-state index contributed by atoms with van der Waals surface area (Å²) in [4.78, 5) is 36.9. The Balaban J connectivity index is 1.60. The molecule has 2 N–H and O–H groups in total. The molecule has 0 bridgehead atoms. The number of nitrogens with zero attached hydrogens (tertiary/aromatic N) is 1. The Labute approximate surface area is 169 Å². The standard InChI is InChI=1S/C21H13ClN2O5/c22-16-10-12(6-8-15(16)20(26)27)18-9-7-14(29-18)11-17-19(25)24(21(28)23-17)13-4-2-1-3-5-13/h1-11H,(H,23,28)(H,26,27)/b17-11+. The Bertz CT molecular complexity index is 1170. The van der Waals surface area contributed by atoms with Gasteiger partial charge < -0.3 is 14.8 Å². The number of carbonyl (C=O) groups excluding carboxylic acids is 2. The van der Waals surface area contributed by atoms with Crippen LogP contribution >= 0.6 is 11.6 Å². The Kier molecular flexibility index (Phi) is 4.66. The SMILES string of the molecule is O=C(O)c1ccc(-c2ccc(/C=C3/NC(=O)N(c4ccccc4)C3=O)o2)cc1Cl. The van der Waals surface area contributed by atoms with Crippen LogP contribution in [0.2, 0.25) is 5.02 Å². The van der Waals surface area contributed by atoms with Crippen molar-refractivity contribution in [1.29, 1.82) is 0 Å². The molecule has 29 heavy (non-hydrogen) atoms. The molecule has 3 aromatic rings. The molecular weight excluding hydrogens is 396 g/mol. The number of benzene rings is 2. The molecule has 144 valence electrons. The molecule has 1 saturated heterocycles. The lowest BCUT2D eigenvalue weighted by molar-refractivity contribution is -0.113. The highest BCUT2D eigenvalue weighted by Gasteiger charge is 2.34. The lowest BCUT2D eigenvalue weighted by Gasteiger charge is -2.10. The van der Waals surface area contributed by atoms with E-state index in [2.05, 4.69) is 5.32 Å². The van der Waals surface area contributed by atoms with Crippen LogP contribution in [0.3, 0.4) is 0 Å². The number of carbonyl (C=O) groups is 3. The third-order valence-corrected chi connectivity index (χ3v) is 4.60. The number of anilines is 1. The van der Waals surface area contributed by atoms with Crippen LogP contribution in [-0.2, 0) is 4.79 Å². The molecule has 1 fully saturated rings. The highest BCUT2D eigenvalue weighted by Crippen LogP contribution is 2.29. The van der Waals surface area contributed by atoms with Gasteiger partial charge in [0.25, 0.3) is 5.91 Å². The van der Waals surface area contributed by atoms with Gasteiger partial charge >= 0.3 is 12.0 Å². The summed E-state index contributed by atoms with van der Waals surface area (Å²) in [7, 11) is 0. The fourth-order valence-electron chi connectivity index (χ4n) is 2.92. The summed E-state index contributed by atoms with van der Waals surface area (Å²) < 4.78 is 5.71. The number of nitrogens with one attached hydrogen (secondary N) is 1. The molecule has 4 rings (SSSR count). The summed E-state index contributed by atoms with van der Waals surface area (Å²) in [6.07, 6.45) is 1.43. The normalized spacial score (nSPS) is 15.1. The zero-order valence-corrected chi connectivity index (χ0v) is 15.5. The average molecular weight is 409 g/mol. The predicted octanol–water partition coefficient (Wildman–Crippen LogP) is 4.40. The number of imide groups is 1. The lowest BCUT2D eigenvalue weighted by atomic mass is 10.1. The van der Waals surface area contributed by atoms with Crippen molar-refractivity contribution in [2.75, 3.05) is 4.90 Å². The van der Waals surface area contributed by atoms with Crippen LogP contribution < -0.4 is 10.2 Å². The minimum atomic E-state index is -1.12. The van der Waals surface area contributed by atoms with E-state index in [0.29, 0.717) is 22.8 Å². The number of carboxylic acid groups (broad SMARTS) is 1. The van der Waals surface area contributed by atoms with Crippen molar-refractivity contribution in [1.82, 2.24) is 5.32 Å². The molecule has 3 amide bonds. The first-order valence-electron chi connectivity index (χ1n) is 8.49. The number of hydrogen-bond acceptors (Lipinski definition) is 4. The highest BCUT2D eigenvalue weighted by molar-refractivity contribution is 6.33. The van der Waals surface area contributed by atoms with Gasteiger partial charge in [0, 0.05) is 11.6 Å². The Morgan fingerprint density at radius 2 is 1.83 bits per heavy atom. The van der Waals surface area contributed by atoms with E-state index in [1.807, 2.05) is 0 Å². The molecule has 7 nitrogen and oxygen atoms in total. The average Bonchev–Trinajstić information content (AvgIpc) is 3.27. The Morgan fingerprint density at radius 1 is 1.07 bits per heavy atom. The van der Waals surface area contributed by atoms with Gasteiger partial charge in [0.1, 0.15) is 17.2 Å². The highest BCUT2D eigenvalue weighted by atomic mass is 35.5. The van der Waals surface area contributed by atoms with Crippen LogP contribution in [0.5, 0.6) is 0 Å². The van der Waals surface area contributed by atoms with Gasteiger partial charge in [-0.05, 0) is 36.4 Å². The monoisotopic (exact) mass is 408 g/mol. The van der Waals surface area contributed by atoms with Gasteiger partial charge in [-0.3, -0.25) is 4.79 Å². The first-order chi connectivity index (χ1) is 13.9. The van der Waals surface area contributed by atoms with Crippen LogP contribution in [0.1, 0.15) is 16.1 Å². The number of carboxylic acids is 1. The van der Waals surface area contributed by atoms with E-state index < -0.39 is 17.9 Å². The van der Waals surface area contributed by atoms with E-state index in [9.17, 15) is 14.4 Å². The van der Waals surface area contributed by atoms with E-state index in [-0.39, 0.29) is 16.3 Å². The van der Waals surface area contributed by atoms with Gasteiger partial charge in [-0.25, -0.2) is 14.5 Å². The summed E-state index contributed by atoms with van der Waals surface area (Å²) in [6.45, 7) is 0.